The van der Waals surface area contributed by atoms with Crippen molar-refractivity contribution in [3.63, 3.8) is 0 Å². The number of carbonyl (C=O) groups excluding carboxylic acids is 1. The maximum absolute atomic E-state index is 13.6. The van der Waals surface area contributed by atoms with Crippen LogP contribution in [0.1, 0.15) is 23.7 Å². The van der Waals surface area contributed by atoms with Crippen molar-refractivity contribution in [3.05, 3.63) is 42.2 Å². The second-order valence-corrected chi connectivity index (χ2v) is 3.78. The van der Waals surface area contributed by atoms with Crippen LogP contribution in [0.15, 0.2) is 30.9 Å². The van der Waals surface area contributed by atoms with Crippen molar-refractivity contribution in [1.29, 1.82) is 0 Å². The van der Waals surface area contributed by atoms with Crippen LogP contribution in [0.5, 0.6) is 0 Å². The Balaban J connectivity index is 2.96. The number of anilines is 1. The van der Waals surface area contributed by atoms with E-state index in [9.17, 15) is 9.18 Å². The number of carbonyl (C=O) groups is 1. The molecule has 0 aliphatic heterocycles. The molecule has 17 heavy (non-hydrogen) atoms. The molecule has 0 bridgehead atoms. The van der Waals surface area contributed by atoms with E-state index in [1.807, 2.05) is 6.92 Å². The van der Waals surface area contributed by atoms with Crippen LogP contribution in [0.3, 0.4) is 0 Å². The van der Waals surface area contributed by atoms with Gasteiger partial charge in [-0.1, -0.05) is 13.0 Å². The summed E-state index contributed by atoms with van der Waals surface area (Å²) in [5.74, 6) is -0.913. The van der Waals surface area contributed by atoms with Gasteiger partial charge in [-0.05, 0) is 24.6 Å². The third kappa shape index (κ3) is 3.31. The smallest absolute Gasteiger partial charge is 0.257 e. The standard InChI is InChI=1S/C13H17FN2O/c1-3-7-16(8-4-2)13(17)11-6-5-10(15)9-12(11)14/h3,5-6,9H,1,4,7-8,15H2,2H3. The third-order valence-electron chi connectivity index (χ3n) is 2.35. The SMILES string of the molecule is C=CCN(CCC)C(=O)c1ccc(N)cc1F. The monoisotopic (exact) mass is 236 g/mol. The Morgan fingerprint density at radius 1 is 1.59 bits per heavy atom. The third-order valence-corrected chi connectivity index (χ3v) is 2.35. The molecule has 0 atom stereocenters. The van der Waals surface area contributed by atoms with E-state index in [0.29, 0.717) is 18.8 Å². The van der Waals surface area contributed by atoms with Crippen LogP contribution in [0, 0.1) is 5.82 Å². The number of halogens is 1. The van der Waals surface area contributed by atoms with Gasteiger partial charge in [0, 0.05) is 18.8 Å². The lowest BCUT2D eigenvalue weighted by molar-refractivity contribution is 0.0769. The molecular formula is C13H17FN2O. The average Bonchev–Trinajstić information content (AvgIpc) is 2.28. The zero-order chi connectivity index (χ0) is 12.8. The fraction of sp³-hybridized carbons (Fsp3) is 0.308. The van der Waals surface area contributed by atoms with Gasteiger partial charge in [0.05, 0.1) is 5.56 Å². The first-order chi connectivity index (χ1) is 8.10. The largest absolute Gasteiger partial charge is 0.399 e. The molecule has 0 fully saturated rings. The highest BCUT2D eigenvalue weighted by atomic mass is 19.1. The number of nitrogen functional groups attached to an aromatic ring is 1. The number of hydrogen-bond acceptors (Lipinski definition) is 2. The van der Waals surface area contributed by atoms with Crippen LogP contribution >= 0.6 is 0 Å². The molecule has 0 radical (unpaired) electrons. The van der Waals surface area contributed by atoms with Crippen LogP contribution in [-0.4, -0.2) is 23.9 Å². The van der Waals surface area contributed by atoms with E-state index in [0.717, 1.165) is 12.5 Å². The number of benzene rings is 1. The lowest BCUT2D eigenvalue weighted by Gasteiger charge is -2.20. The molecule has 1 amide bonds. The van der Waals surface area contributed by atoms with Crippen molar-refractivity contribution in [1.82, 2.24) is 4.90 Å². The summed E-state index contributed by atoms with van der Waals surface area (Å²) in [5, 5.41) is 0. The summed E-state index contributed by atoms with van der Waals surface area (Å²) in [6.07, 6.45) is 2.44. The van der Waals surface area contributed by atoms with Gasteiger partial charge in [0.25, 0.3) is 5.91 Å². The minimum atomic E-state index is -0.583. The molecule has 0 saturated heterocycles. The number of rotatable bonds is 5. The van der Waals surface area contributed by atoms with Gasteiger partial charge >= 0.3 is 0 Å². The Hall–Kier alpha value is -1.84. The lowest BCUT2D eigenvalue weighted by atomic mass is 10.1. The van der Waals surface area contributed by atoms with Crippen LogP contribution in [0.4, 0.5) is 10.1 Å². The molecule has 0 aromatic heterocycles. The van der Waals surface area contributed by atoms with Crippen LogP contribution in [-0.2, 0) is 0 Å². The van der Waals surface area contributed by atoms with Gasteiger partial charge < -0.3 is 10.6 Å². The summed E-state index contributed by atoms with van der Waals surface area (Å²) in [6, 6.07) is 4.10. The minimum absolute atomic E-state index is 0.0505. The predicted octanol–water partition coefficient (Wildman–Crippen LogP) is 2.45. The Bertz CT molecular complexity index is 418. The van der Waals surface area contributed by atoms with Crippen molar-refractivity contribution in [3.8, 4) is 0 Å². The van der Waals surface area contributed by atoms with Gasteiger partial charge in [0.1, 0.15) is 5.82 Å². The molecule has 0 spiro atoms. The first-order valence-corrected chi connectivity index (χ1v) is 5.55. The van der Waals surface area contributed by atoms with E-state index < -0.39 is 5.82 Å². The van der Waals surface area contributed by atoms with Crippen molar-refractivity contribution >= 4 is 11.6 Å². The quantitative estimate of drug-likeness (QED) is 0.630. The summed E-state index contributed by atoms with van der Waals surface area (Å²) < 4.78 is 13.6. The van der Waals surface area contributed by atoms with Crippen molar-refractivity contribution in [2.45, 2.75) is 13.3 Å². The molecule has 0 aliphatic rings. The number of amides is 1. The van der Waals surface area contributed by atoms with Gasteiger partial charge in [-0.3, -0.25) is 4.79 Å². The summed E-state index contributed by atoms with van der Waals surface area (Å²) in [7, 11) is 0. The van der Waals surface area contributed by atoms with E-state index in [1.54, 1.807) is 11.0 Å². The second kappa shape index (κ2) is 6.03. The van der Waals surface area contributed by atoms with Crippen molar-refractivity contribution in [2.75, 3.05) is 18.8 Å². The van der Waals surface area contributed by atoms with Gasteiger partial charge in [-0.15, -0.1) is 6.58 Å². The predicted molar refractivity (Wildman–Crippen MR) is 67.2 cm³/mol. The topological polar surface area (TPSA) is 46.3 Å². The van der Waals surface area contributed by atoms with E-state index in [2.05, 4.69) is 6.58 Å². The summed E-state index contributed by atoms with van der Waals surface area (Å²) in [6.45, 7) is 6.54. The van der Waals surface area contributed by atoms with Crippen molar-refractivity contribution < 1.29 is 9.18 Å². The molecular weight excluding hydrogens is 219 g/mol. The Kier molecular flexibility index (Phi) is 4.69. The van der Waals surface area contributed by atoms with Gasteiger partial charge in [0.15, 0.2) is 0 Å². The molecule has 0 heterocycles. The van der Waals surface area contributed by atoms with E-state index in [4.69, 9.17) is 5.73 Å². The maximum atomic E-state index is 13.6. The first-order valence-electron chi connectivity index (χ1n) is 5.55. The normalized spacial score (nSPS) is 10.0. The fourth-order valence-electron chi connectivity index (χ4n) is 1.58. The molecule has 2 N–H and O–H groups in total. The molecule has 0 unspecified atom stereocenters. The zero-order valence-corrected chi connectivity index (χ0v) is 9.95. The minimum Gasteiger partial charge on any atom is -0.399 e. The van der Waals surface area contributed by atoms with Gasteiger partial charge in [-0.2, -0.15) is 0 Å². The highest BCUT2D eigenvalue weighted by Gasteiger charge is 2.17. The van der Waals surface area contributed by atoms with Crippen LogP contribution in [0.25, 0.3) is 0 Å². The number of nitrogens with two attached hydrogens (primary N) is 1. The van der Waals surface area contributed by atoms with Gasteiger partial charge in [-0.25, -0.2) is 4.39 Å². The molecule has 1 aromatic carbocycles. The first kappa shape index (κ1) is 13.2. The molecule has 92 valence electrons. The molecule has 1 aromatic rings. The molecule has 4 heteroatoms. The Labute approximate surface area is 101 Å². The summed E-state index contributed by atoms with van der Waals surface area (Å²) in [5.41, 5.74) is 5.80. The highest BCUT2D eigenvalue weighted by molar-refractivity contribution is 5.94. The van der Waals surface area contributed by atoms with E-state index in [1.165, 1.54) is 12.1 Å². The Morgan fingerprint density at radius 3 is 2.82 bits per heavy atom. The average molecular weight is 236 g/mol. The van der Waals surface area contributed by atoms with E-state index >= 15 is 0 Å². The van der Waals surface area contributed by atoms with Crippen LogP contribution < -0.4 is 5.73 Å². The summed E-state index contributed by atoms with van der Waals surface area (Å²) >= 11 is 0. The zero-order valence-electron chi connectivity index (χ0n) is 9.95. The van der Waals surface area contributed by atoms with Gasteiger partial charge in [0.2, 0.25) is 0 Å². The molecule has 1 rings (SSSR count). The van der Waals surface area contributed by atoms with E-state index in [-0.39, 0.29) is 11.5 Å². The van der Waals surface area contributed by atoms with Crippen molar-refractivity contribution in [2.24, 2.45) is 0 Å². The fourth-order valence-corrected chi connectivity index (χ4v) is 1.58. The highest BCUT2D eigenvalue weighted by Crippen LogP contribution is 2.14. The summed E-state index contributed by atoms with van der Waals surface area (Å²) in [4.78, 5) is 13.6. The maximum Gasteiger partial charge on any atom is 0.257 e. The molecule has 0 saturated carbocycles. The molecule has 0 aliphatic carbocycles. The number of hydrogen-bond donors (Lipinski definition) is 1. The lowest BCUT2D eigenvalue weighted by Crippen LogP contribution is -2.32. The van der Waals surface area contributed by atoms with Crippen LogP contribution in [0.2, 0.25) is 0 Å². The Morgan fingerprint density at radius 2 is 2.29 bits per heavy atom. The molecule has 3 nitrogen and oxygen atoms in total. The second-order valence-electron chi connectivity index (χ2n) is 3.78. The number of nitrogens with zero attached hydrogens (tertiary/aromatic N) is 1.